The lowest BCUT2D eigenvalue weighted by atomic mass is 9.96. The van der Waals surface area contributed by atoms with E-state index in [-0.39, 0.29) is 11.5 Å². The number of thioether (sulfide) groups is 1. The number of amides is 1. The number of methoxy groups -OCH3 is 1. The van der Waals surface area contributed by atoms with Crippen molar-refractivity contribution < 1.29 is 9.53 Å². The first kappa shape index (κ1) is 13.9. The second kappa shape index (κ2) is 6.59. The van der Waals surface area contributed by atoms with Gasteiger partial charge in [-0.05, 0) is 46.7 Å². The molecule has 1 amide bonds. The molecule has 0 spiro atoms. The van der Waals surface area contributed by atoms with Gasteiger partial charge in [0.25, 0.3) is 0 Å². The minimum Gasteiger partial charge on any atom is -0.376 e. The van der Waals surface area contributed by atoms with E-state index in [1.54, 1.807) is 18.4 Å². The molecule has 1 N–H and O–H groups in total. The Bertz CT molecular complexity index is 372. The van der Waals surface area contributed by atoms with Crippen LogP contribution < -0.4 is 5.32 Å². The van der Waals surface area contributed by atoms with Crippen molar-refractivity contribution >= 4 is 29.0 Å². The molecule has 1 aliphatic heterocycles. The van der Waals surface area contributed by atoms with Crippen molar-refractivity contribution in [3.8, 4) is 0 Å². The van der Waals surface area contributed by atoms with Crippen LogP contribution in [-0.4, -0.2) is 36.7 Å². The average Bonchev–Trinajstić information content (AvgIpc) is 2.90. The Balaban J connectivity index is 1.80. The number of carbonyl (C=O) groups is 1. The molecule has 0 bridgehead atoms. The topological polar surface area (TPSA) is 38.3 Å². The van der Waals surface area contributed by atoms with Crippen LogP contribution in [0, 0.1) is 0 Å². The Labute approximate surface area is 116 Å². The summed E-state index contributed by atoms with van der Waals surface area (Å²) in [6.45, 7) is 0.632. The van der Waals surface area contributed by atoms with Gasteiger partial charge in [-0.15, -0.1) is 0 Å². The molecule has 5 heteroatoms. The van der Waals surface area contributed by atoms with Gasteiger partial charge >= 0.3 is 0 Å². The molecule has 1 saturated heterocycles. The van der Waals surface area contributed by atoms with Gasteiger partial charge in [0, 0.05) is 13.7 Å². The van der Waals surface area contributed by atoms with E-state index < -0.39 is 0 Å². The zero-order chi connectivity index (χ0) is 12.8. The summed E-state index contributed by atoms with van der Waals surface area (Å²) >= 11 is 3.58. The summed E-state index contributed by atoms with van der Waals surface area (Å²) in [6.07, 6.45) is 2.51. The summed E-state index contributed by atoms with van der Waals surface area (Å²) in [4.78, 5) is 11.8. The summed E-state index contributed by atoms with van der Waals surface area (Å²) < 4.78 is 5.64. The third kappa shape index (κ3) is 3.73. The van der Waals surface area contributed by atoms with Gasteiger partial charge in [0.05, 0.1) is 12.0 Å². The van der Waals surface area contributed by atoms with E-state index in [2.05, 4.69) is 5.32 Å². The summed E-state index contributed by atoms with van der Waals surface area (Å²) in [5, 5.41) is 7.03. The fourth-order valence-corrected chi connectivity index (χ4v) is 4.00. The van der Waals surface area contributed by atoms with E-state index in [1.165, 1.54) is 0 Å². The number of thiophene rings is 1. The lowest BCUT2D eigenvalue weighted by molar-refractivity contribution is -0.122. The minimum absolute atomic E-state index is 0.0862. The normalized spacial score (nSPS) is 18.5. The zero-order valence-corrected chi connectivity index (χ0v) is 12.2. The number of ether oxygens (including phenoxy) is 1. The molecule has 2 heterocycles. The second-order valence-electron chi connectivity index (χ2n) is 4.58. The summed E-state index contributed by atoms with van der Waals surface area (Å²) in [5.41, 5.74) is 0.943. The van der Waals surface area contributed by atoms with Crippen molar-refractivity contribution in [2.75, 3.05) is 25.2 Å². The van der Waals surface area contributed by atoms with Crippen molar-refractivity contribution in [2.24, 2.45) is 0 Å². The summed E-state index contributed by atoms with van der Waals surface area (Å²) in [5.74, 6) is 2.32. The Morgan fingerprint density at radius 1 is 1.50 bits per heavy atom. The van der Waals surface area contributed by atoms with Gasteiger partial charge in [-0.2, -0.15) is 23.1 Å². The first-order valence-corrected chi connectivity index (χ1v) is 8.24. The predicted octanol–water partition coefficient (Wildman–Crippen LogP) is 2.32. The van der Waals surface area contributed by atoms with Crippen LogP contribution >= 0.6 is 23.1 Å². The molecule has 0 unspecified atom stereocenters. The SMILES string of the molecule is COC1(CNC(=O)Cc2ccsc2)CCSCC1. The van der Waals surface area contributed by atoms with Crippen LogP contribution in [0.1, 0.15) is 18.4 Å². The highest BCUT2D eigenvalue weighted by Crippen LogP contribution is 2.29. The third-order valence-corrected chi connectivity index (χ3v) is 5.11. The molecule has 2 rings (SSSR count). The fraction of sp³-hybridized carbons (Fsp3) is 0.615. The van der Waals surface area contributed by atoms with E-state index in [0.717, 1.165) is 29.9 Å². The fourth-order valence-electron chi connectivity index (χ4n) is 2.10. The molecule has 1 aliphatic rings. The summed E-state index contributed by atoms with van der Waals surface area (Å²) in [6, 6.07) is 1.99. The van der Waals surface area contributed by atoms with Crippen LogP contribution in [0.3, 0.4) is 0 Å². The number of rotatable bonds is 5. The molecule has 0 aromatic carbocycles. The largest absolute Gasteiger partial charge is 0.376 e. The van der Waals surface area contributed by atoms with Crippen LogP contribution in [0.4, 0.5) is 0 Å². The van der Waals surface area contributed by atoms with E-state index in [0.29, 0.717) is 13.0 Å². The number of nitrogens with one attached hydrogen (secondary N) is 1. The zero-order valence-electron chi connectivity index (χ0n) is 10.6. The second-order valence-corrected chi connectivity index (χ2v) is 6.59. The maximum atomic E-state index is 11.8. The molecule has 18 heavy (non-hydrogen) atoms. The van der Waals surface area contributed by atoms with Gasteiger partial charge in [0.1, 0.15) is 0 Å². The van der Waals surface area contributed by atoms with E-state index in [4.69, 9.17) is 4.74 Å². The molecule has 0 radical (unpaired) electrons. The highest BCUT2D eigenvalue weighted by Gasteiger charge is 2.32. The van der Waals surface area contributed by atoms with Gasteiger partial charge in [-0.1, -0.05) is 0 Å². The van der Waals surface area contributed by atoms with Crippen LogP contribution in [0.15, 0.2) is 16.8 Å². The smallest absolute Gasteiger partial charge is 0.224 e. The minimum atomic E-state index is -0.143. The van der Waals surface area contributed by atoms with E-state index in [9.17, 15) is 4.79 Å². The standard InChI is InChI=1S/C13H19NO2S2/c1-16-13(3-6-17-7-4-13)10-14-12(15)8-11-2-5-18-9-11/h2,5,9H,3-4,6-8,10H2,1H3,(H,14,15). The van der Waals surface area contributed by atoms with Gasteiger partial charge in [0.15, 0.2) is 0 Å². The van der Waals surface area contributed by atoms with Crippen LogP contribution in [0.5, 0.6) is 0 Å². The molecule has 1 aromatic heterocycles. The molecular weight excluding hydrogens is 266 g/mol. The monoisotopic (exact) mass is 285 g/mol. The molecule has 100 valence electrons. The highest BCUT2D eigenvalue weighted by molar-refractivity contribution is 7.99. The maximum absolute atomic E-state index is 11.8. The van der Waals surface area contributed by atoms with E-state index >= 15 is 0 Å². The predicted molar refractivity (Wildman–Crippen MR) is 77.3 cm³/mol. The van der Waals surface area contributed by atoms with Crippen LogP contribution in [0.2, 0.25) is 0 Å². The molecule has 3 nitrogen and oxygen atoms in total. The molecule has 1 aromatic rings. The van der Waals surface area contributed by atoms with Gasteiger partial charge < -0.3 is 10.1 Å². The highest BCUT2D eigenvalue weighted by atomic mass is 32.2. The average molecular weight is 285 g/mol. The summed E-state index contributed by atoms with van der Waals surface area (Å²) in [7, 11) is 1.75. The van der Waals surface area contributed by atoms with Crippen LogP contribution in [-0.2, 0) is 16.0 Å². The van der Waals surface area contributed by atoms with Gasteiger partial charge in [-0.25, -0.2) is 0 Å². The van der Waals surface area contributed by atoms with Crippen LogP contribution in [0.25, 0.3) is 0 Å². The Hall–Kier alpha value is -0.520. The van der Waals surface area contributed by atoms with Crippen molar-refractivity contribution in [2.45, 2.75) is 24.9 Å². The van der Waals surface area contributed by atoms with E-state index in [1.807, 2.05) is 28.6 Å². The first-order chi connectivity index (χ1) is 8.74. The number of carbonyl (C=O) groups excluding carboxylic acids is 1. The lowest BCUT2D eigenvalue weighted by Gasteiger charge is -2.35. The number of hydrogen-bond donors (Lipinski definition) is 1. The lowest BCUT2D eigenvalue weighted by Crippen LogP contribution is -2.47. The maximum Gasteiger partial charge on any atom is 0.224 e. The van der Waals surface area contributed by atoms with Crippen molar-refractivity contribution in [1.82, 2.24) is 5.32 Å². The van der Waals surface area contributed by atoms with Crippen molar-refractivity contribution in [1.29, 1.82) is 0 Å². The number of hydrogen-bond acceptors (Lipinski definition) is 4. The van der Waals surface area contributed by atoms with Crippen molar-refractivity contribution in [3.05, 3.63) is 22.4 Å². The third-order valence-electron chi connectivity index (χ3n) is 3.39. The Kier molecular flexibility index (Phi) is 5.09. The molecule has 0 atom stereocenters. The molecule has 0 aliphatic carbocycles. The van der Waals surface area contributed by atoms with Gasteiger partial charge in [0.2, 0.25) is 5.91 Å². The Morgan fingerprint density at radius 3 is 2.89 bits per heavy atom. The van der Waals surface area contributed by atoms with Gasteiger partial charge in [-0.3, -0.25) is 4.79 Å². The first-order valence-electron chi connectivity index (χ1n) is 6.15. The Morgan fingerprint density at radius 2 is 2.28 bits per heavy atom. The molecule has 1 fully saturated rings. The quantitative estimate of drug-likeness (QED) is 0.902. The van der Waals surface area contributed by atoms with Crippen molar-refractivity contribution in [3.63, 3.8) is 0 Å². The molecular formula is C13H19NO2S2. The molecule has 0 saturated carbocycles.